The molecule has 0 spiro atoms. The topological polar surface area (TPSA) is 78.9 Å². The van der Waals surface area contributed by atoms with Gasteiger partial charge in [0.1, 0.15) is 0 Å². The van der Waals surface area contributed by atoms with Crippen LogP contribution in [-0.2, 0) is 19.7 Å². The van der Waals surface area contributed by atoms with E-state index in [1.807, 2.05) is 7.05 Å². The second kappa shape index (κ2) is 9.56. The van der Waals surface area contributed by atoms with Crippen molar-refractivity contribution >= 4 is 16.2 Å². The lowest BCUT2D eigenvalue weighted by Gasteiger charge is -2.31. The SMILES string of the molecule is CCOC(=O)[C@H]1CCCN(S(=O)(=O)NCCN(C)[C@@H](C)CC)C1. The number of nitrogens with one attached hydrogen (secondary N) is 1. The Morgan fingerprint density at radius 2 is 2.13 bits per heavy atom. The van der Waals surface area contributed by atoms with Gasteiger partial charge in [-0.3, -0.25) is 4.79 Å². The zero-order valence-electron chi connectivity index (χ0n) is 14.7. The molecule has 0 aromatic rings. The summed E-state index contributed by atoms with van der Waals surface area (Å²) < 4.78 is 33.8. The minimum Gasteiger partial charge on any atom is -0.466 e. The quantitative estimate of drug-likeness (QED) is 0.624. The average molecular weight is 349 g/mol. The summed E-state index contributed by atoms with van der Waals surface area (Å²) in [5, 5.41) is 0. The van der Waals surface area contributed by atoms with Gasteiger partial charge >= 0.3 is 5.97 Å². The molecular weight excluding hydrogens is 318 g/mol. The first-order valence-electron chi connectivity index (χ1n) is 8.43. The van der Waals surface area contributed by atoms with Crippen LogP contribution in [0.5, 0.6) is 0 Å². The van der Waals surface area contributed by atoms with E-state index in [0.717, 1.165) is 6.42 Å². The zero-order chi connectivity index (χ0) is 17.5. The summed E-state index contributed by atoms with van der Waals surface area (Å²) in [7, 11) is -1.56. The molecule has 2 atom stereocenters. The largest absolute Gasteiger partial charge is 0.466 e. The van der Waals surface area contributed by atoms with Crippen molar-refractivity contribution in [3.8, 4) is 0 Å². The Labute approximate surface area is 140 Å². The van der Waals surface area contributed by atoms with Crippen LogP contribution < -0.4 is 4.72 Å². The van der Waals surface area contributed by atoms with Gasteiger partial charge in [0.2, 0.25) is 0 Å². The first-order chi connectivity index (χ1) is 10.8. The van der Waals surface area contributed by atoms with Crippen LogP contribution in [0.2, 0.25) is 0 Å². The van der Waals surface area contributed by atoms with Crippen LogP contribution in [0.15, 0.2) is 0 Å². The predicted molar refractivity (Wildman–Crippen MR) is 90.2 cm³/mol. The van der Waals surface area contributed by atoms with Crippen LogP contribution in [0.3, 0.4) is 0 Å². The molecule has 0 unspecified atom stereocenters. The van der Waals surface area contributed by atoms with Gasteiger partial charge in [0.05, 0.1) is 12.5 Å². The Kier molecular flexibility index (Phi) is 8.46. The van der Waals surface area contributed by atoms with Gasteiger partial charge in [-0.25, -0.2) is 4.72 Å². The van der Waals surface area contributed by atoms with E-state index in [4.69, 9.17) is 4.74 Å². The fourth-order valence-electron chi connectivity index (χ4n) is 2.59. The molecule has 1 aliphatic heterocycles. The Morgan fingerprint density at radius 1 is 1.43 bits per heavy atom. The standard InChI is InChI=1S/C15H31N3O4S/c1-5-13(3)17(4)11-9-16-23(20,21)18-10-7-8-14(12-18)15(19)22-6-2/h13-14,16H,5-12H2,1-4H3/t13-,14-/m0/s1. The summed E-state index contributed by atoms with van der Waals surface area (Å²) in [6.45, 7) is 7.97. The van der Waals surface area contributed by atoms with E-state index < -0.39 is 10.2 Å². The van der Waals surface area contributed by atoms with Crippen molar-refractivity contribution in [3.63, 3.8) is 0 Å². The number of piperidine rings is 1. The molecule has 0 saturated carbocycles. The Morgan fingerprint density at radius 3 is 2.74 bits per heavy atom. The third kappa shape index (κ3) is 6.37. The van der Waals surface area contributed by atoms with E-state index in [9.17, 15) is 13.2 Å². The predicted octanol–water partition coefficient (Wildman–Crippen LogP) is 0.826. The highest BCUT2D eigenvalue weighted by atomic mass is 32.2. The van der Waals surface area contributed by atoms with Gasteiger partial charge in [0.25, 0.3) is 10.2 Å². The number of carbonyl (C=O) groups excluding carboxylic acids is 1. The minimum atomic E-state index is -3.54. The molecule has 0 aromatic carbocycles. The van der Waals surface area contributed by atoms with Crippen molar-refractivity contribution in [2.24, 2.45) is 5.92 Å². The number of carbonyl (C=O) groups is 1. The lowest BCUT2D eigenvalue weighted by Crippen LogP contribution is -2.49. The van der Waals surface area contributed by atoms with Crippen LogP contribution in [0.1, 0.15) is 40.0 Å². The fraction of sp³-hybridized carbons (Fsp3) is 0.933. The normalized spacial score (nSPS) is 21.3. The summed E-state index contributed by atoms with van der Waals surface area (Å²) >= 11 is 0. The van der Waals surface area contributed by atoms with Crippen molar-refractivity contribution in [2.75, 3.05) is 39.8 Å². The molecule has 1 saturated heterocycles. The summed E-state index contributed by atoms with van der Waals surface area (Å²) in [5.41, 5.74) is 0. The Balaban J connectivity index is 2.50. The summed E-state index contributed by atoms with van der Waals surface area (Å²) in [5.74, 6) is -0.660. The maximum Gasteiger partial charge on any atom is 0.310 e. The van der Waals surface area contributed by atoms with Crippen LogP contribution in [0.4, 0.5) is 0 Å². The maximum atomic E-state index is 12.4. The van der Waals surface area contributed by atoms with Crippen molar-refractivity contribution in [1.29, 1.82) is 0 Å². The minimum absolute atomic E-state index is 0.204. The van der Waals surface area contributed by atoms with Gasteiger partial charge in [-0.1, -0.05) is 6.92 Å². The lowest BCUT2D eigenvalue weighted by atomic mass is 10.0. The number of esters is 1. The smallest absolute Gasteiger partial charge is 0.310 e. The first kappa shape index (κ1) is 20.3. The van der Waals surface area contributed by atoms with Gasteiger partial charge in [0.15, 0.2) is 0 Å². The Hall–Kier alpha value is -0.700. The zero-order valence-corrected chi connectivity index (χ0v) is 15.6. The highest BCUT2D eigenvalue weighted by Gasteiger charge is 2.32. The molecule has 1 fully saturated rings. The van der Waals surface area contributed by atoms with E-state index >= 15 is 0 Å². The van der Waals surface area contributed by atoms with Gasteiger partial charge in [-0.05, 0) is 40.2 Å². The molecule has 1 heterocycles. The second-order valence-corrected chi connectivity index (χ2v) is 7.84. The molecule has 1 rings (SSSR count). The van der Waals surface area contributed by atoms with Crippen LogP contribution >= 0.6 is 0 Å². The molecule has 0 bridgehead atoms. The fourth-order valence-corrected chi connectivity index (χ4v) is 3.87. The van der Waals surface area contributed by atoms with Crippen molar-refractivity contribution in [1.82, 2.24) is 13.9 Å². The molecule has 1 aliphatic rings. The molecule has 1 N–H and O–H groups in total. The number of hydrogen-bond donors (Lipinski definition) is 1. The van der Waals surface area contributed by atoms with E-state index in [0.29, 0.717) is 45.1 Å². The van der Waals surface area contributed by atoms with Crippen molar-refractivity contribution < 1.29 is 17.9 Å². The number of likely N-dealkylation sites (N-methyl/N-ethyl adjacent to an activating group) is 1. The molecule has 7 nitrogen and oxygen atoms in total. The lowest BCUT2D eigenvalue weighted by molar-refractivity contribution is -0.149. The summed E-state index contributed by atoms with van der Waals surface area (Å²) in [6, 6.07) is 0.419. The van der Waals surface area contributed by atoms with Crippen molar-refractivity contribution in [2.45, 2.75) is 46.1 Å². The van der Waals surface area contributed by atoms with Gasteiger partial charge in [-0.15, -0.1) is 0 Å². The van der Waals surface area contributed by atoms with E-state index in [1.165, 1.54) is 4.31 Å². The van der Waals surface area contributed by atoms with E-state index in [-0.39, 0.29) is 18.4 Å². The molecule has 136 valence electrons. The number of hydrogen-bond acceptors (Lipinski definition) is 5. The third-order valence-electron chi connectivity index (χ3n) is 4.44. The van der Waals surface area contributed by atoms with E-state index in [1.54, 1.807) is 6.92 Å². The van der Waals surface area contributed by atoms with Gasteiger partial charge in [0, 0.05) is 32.2 Å². The molecular formula is C15H31N3O4S. The third-order valence-corrected chi connectivity index (χ3v) is 6.02. The molecule has 0 amide bonds. The van der Waals surface area contributed by atoms with Crippen LogP contribution in [-0.4, -0.2) is 69.5 Å². The number of rotatable bonds is 9. The summed E-state index contributed by atoms with van der Waals surface area (Å²) in [4.78, 5) is 13.9. The maximum absolute atomic E-state index is 12.4. The average Bonchev–Trinajstić information content (AvgIpc) is 2.54. The molecule has 23 heavy (non-hydrogen) atoms. The van der Waals surface area contributed by atoms with Gasteiger partial charge < -0.3 is 9.64 Å². The molecule has 8 heteroatoms. The highest BCUT2D eigenvalue weighted by molar-refractivity contribution is 7.87. The summed E-state index contributed by atoms with van der Waals surface area (Å²) in [6.07, 6.45) is 2.38. The van der Waals surface area contributed by atoms with E-state index in [2.05, 4.69) is 23.5 Å². The molecule has 0 radical (unpaired) electrons. The first-order valence-corrected chi connectivity index (χ1v) is 9.87. The highest BCUT2D eigenvalue weighted by Crippen LogP contribution is 2.19. The van der Waals surface area contributed by atoms with Crippen LogP contribution in [0.25, 0.3) is 0 Å². The monoisotopic (exact) mass is 349 g/mol. The van der Waals surface area contributed by atoms with Crippen molar-refractivity contribution in [3.05, 3.63) is 0 Å². The second-order valence-electron chi connectivity index (χ2n) is 6.09. The van der Waals surface area contributed by atoms with Gasteiger partial charge in [-0.2, -0.15) is 12.7 Å². The Bertz CT molecular complexity index is 469. The molecule has 0 aliphatic carbocycles. The molecule has 0 aromatic heterocycles. The number of nitrogens with zero attached hydrogens (tertiary/aromatic N) is 2. The number of ether oxygens (including phenoxy) is 1. The van der Waals surface area contributed by atoms with Crippen LogP contribution in [0, 0.1) is 5.92 Å².